The van der Waals surface area contributed by atoms with E-state index < -0.39 is 6.10 Å². The van der Waals surface area contributed by atoms with Crippen LogP contribution < -0.4 is 0 Å². The Morgan fingerprint density at radius 1 is 1.47 bits per heavy atom. The molecule has 0 saturated heterocycles. The number of ether oxygens (including phenoxy) is 1. The molecule has 0 aromatic heterocycles. The summed E-state index contributed by atoms with van der Waals surface area (Å²) in [4.78, 5) is 11.1. The number of methoxy groups -OCH3 is 1. The van der Waals surface area contributed by atoms with Crippen molar-refractivity contribution in [2.24, 2.45) is 5.92 Å². The monoisotopic (exact) mass is 232 g/mol. The first-order chi connectivity index (χ1) is 8.15. The van der Waals surface area contributed by atoms with Gasteiger partial charge in [-0.3, -0.25) is 4.79 Å². The third kappa shape index (κ3) is 2.11. The van der Waals surface area contributed by atoms with E-state index in [9.17, 15) is 9.90 Å². The summed E-state index contributed by atoms with van der Waals surface area (Å²) in [5.41, 5.74) is 3.01. The van der Waals surface area contributed by atoms with Crippen LogP contribution in [-0.2, 0) is 9.53 Å². The van der Waals surface area contributed by atoms with Crippen molar-refractivity contribution in [3.05, 3.63) is 41.5 Å². The lowest BCUT2D eigenvalue weighted by atomic mass is 9.99. The highest BCUT2D eigenvalue weighted by Crippen LogP contribution is 2.44. The second kappa shape index (κ2) is 4.72. The molecule has 2 unspecified atom stereocenters. The summed E-state index contributed by atoms with van der Waals surface area (Å²) in [5, 5.41) is 10.1. The lowest BCUT2D eigenvalue weighted by Crippen LogP contribution is -2.02. The fourth-order valence-electron chi connectivity index (χ4n) is 2.27. The quantitative estimate of drug-likeness (QED) is 0.796. The molecule has 1 aliphatic rings. The van der Waals surface area contributed by atoms with Crippen molar-refractivity contribution in [1.29, 1.82) is 0 Å². The lowest BCUT2D eigenvalue weighted by molar-refractivity contribution is -0.139. The van der Waals surface area contributed by atoms with Crippen LogP contribution in [0.15, 0.2) is 30.3 Å². The predicted molar refractivity (Wildman–Crippen MR) is 65.2 cm³/mol. The molecule has 1 aromatic carbocycles. The number of fused-ring (bicyclic) bond motifs is 1. The highest BCUT2D eigenvalue weighted by molar-refractivity contribution is 5.79. The van der Waals surface area contributed by atoms with E-state index in [2.05, 4.69) is 4.74 Å². The van der Waals surface area contributed by atoms with E-state index in [1.165, 1.54) is 7.11 Å². The number of carbonyl (C=O) groups excluding carboxylic acids is 1. The smallest absolute Gasteiger partial charge is 0.309 e. The molecule has 3 heteroatoms. The summed E-state index contributed by atoms with van der Waals surface area (Å²) >= 11 is 0. The first kappa shape index (κ1) is 11.9. The zero-order valence-corrected chi connectivity index (χ0v) is 10.0. The van der Waals surface area contributed by atoms with Crippen LogP contribution in [0.1, 0.15) is 30.6 Å². The zero-order valence-electron chi connectivity index (χ0n) is 10.0. The molecule has 0 fully saturated rings. The third-order valence-corrected chi connectivity index (χ3v) is 3.27. The van der Waals surface area contributed by atoms with E-state index in [4.69, 9.17) is 0 Å². The Hall–Kier alpha value is -1.61. The Kier molecular flexibility index (Phi) is 3.29. The molecule has 0 bridgehead atoms. The van der Waals surface area contributed by atoms with Crippen molar-refractivity contribution in [2.75, 3.05) is 7.11 Å². The third-order valence-electron chi connectivity index (χ3n) is 3.27. The van der Waals surface area contributed by atoms with Crippen LogP contribution in [0, 0.1) is 5.92 Å². The van der Waals surface area contributed by atoms with Gasteiger partial charge in [-0.2, -0.15) is 0 Å². The van der Waals surface area contributed by atoms with E-state index in [-0.39, 0.29) is 18.3 Å². The summed E-state index contributed by atoms with van der Waals surface area (Å²) in [6, 6.07) is 7.76. The highest BCUT2D eigenvalue weighted by atomic mass is 16.5. The molecule has 17 heavy (non-hydrogen) atoms. The molecule has 0 saturated carbocycles. The van der Waals surface area contributed by atoms with Gasteiger partial charge in [0, 0.05) is 5.92 Å². The topological polar surface area (TPSA) is 46.5 Å². The van der Waals surface area contributed by atoms with Gasteiger partial charge in [0.1, 0.15) is 0 Å². The SMILES string of the molecule is COC(=O)CC=C1c2ccccc2C(O)C1C. The molecule has 1 N–H and O–H groups in total. The van der Waals surface area contributed by atoms with Crippen LogP contribution in [0.25, 0.3) is 5.57 Å². The summed E-state index contributed by atoms with van der Waals surface area (Å²) in [6.07, 6.45) is 1.62. The molecular weight excluding hydrogens is 216 g/mol. The summed E-state index contributed by atoms with van der Waals surface area (Å²) in [6.45, 7) is 1.97. The number of carbonyl (C=O) groups is 1. The number of esters is 1. The van der Waals surface area contributed by atoms with Gasteiger partial charge >= 0.3 is 5.97 Å². The van der Waals surface area contributed by atoms with Gasteiger partial charge in [-0.1, -0.05) is 37.3 Å². The Morgan fingerprint density at radius 2 is 2.18 bits per heavy atom. The molecule has 0 radical (unpaired) electrons. The van der Waals surface area contributed by atoms with Gasteiger partial charge in [0.15, 0.2) is 0 Å². The van der Waals surface area contributed by atoms with Gasteiger partial charge in [0.05, 0.1) is 19.6 Å². The van der Waals surface area contributed by atoms with E-state index in [1.807, 2.05) is 37.3 Å². The molecule has 1 aromatic rings. The van der Waals surface area contributed by atoms with Gasteiger partial charge in [0.25, 0.3) is 0 Å². The number of hydrogen-bond donors (Lipinski definition) is 1. The van der Waals surface area contributed by atoms with Gasteiger partial charge in [-0.15, -0.1) is 0 Å². The van der Waals surface area contributed by atoms with E-state index in [0.29, 0.717) is 0 Å². The second-order valence-electron chi connectivity index (χ2n) is 4.26. The van der Waals surface area contributed by atoms with Crippen molar-refractivity contribution in [1.82, 2.24) is 0 Å². The van der Waals surface area contributed by atoms with Crippen LogP contribution >= 0.6 is 0 Å². The average Bonchev–Trinajstić information content (AvgIpc) is 2.60. The minimum atomic E-state index is -0.477. The van der Waals surface area contributed by atoms with E-state index in [1.54, 1.807) is 0 Å². The minimum Gasteiger partial charge on any atom is -0.469 e. The molecule has 2 atom stereocenters. The minimum absolute atomic E-state index is 0.0251. The highest BCUT2D eigenvalue weighted by Gasteiger charge is 2.31. The number of aliphatic hydroxyl groups excluding tert-OH is 1. The van der Waals surface area contributed by atoms with Crippen LogP contribution in [0.5, 0.6) is 0 Å². The number of aliphatic hydroxyl groups is 1. The summed E-state index contributed by atoms with van der Waals surface area (Å²) < 4.78 is 4.61. The Bertz CT molecular complexity index is 462. The van der Waals surface area contributed by atoms with Gasteiger partial charge in [-0.25, -0.2) is 0 Å². The standard InChI is InChI=1S/C14H16O3/c1-9-10(7-8-13(15)17-2)11-5-3-4-6-12(11)14(9)16/h3-7,9,14,16H,8H2,1-2H3. The van der Waals surface area contributed by atoms with E-state index in [0.717, 1.165) is 16.7 Å². The van der Waals surface area contributed by atoms with Crippen molar-refractivity contribution in [2.45, 2.75) is 19.4 Å². The Labute approximate surface area is 101 Å². The number of rotatable bonds is 2. The maximum absolute atomic E-state index is 11.1. The normalized spacial score (nSPS) is 24.8. The Balaban J connectivity index is 2.32. The van der Waals surface area contributed by atoms with Crippen LogP contribution in [-0.4, -0.2) is 18.2 Å². The fraction of sp³-hybridized carbons (Fsp3) is 0.357. The summed E-state index contributed by atoms with van der Waals surface area (Å²) in [5.74, 6) is -0.236. The maximum atomic E-state index is 11.1. The molecule has 1 aliphatic carbocycles. The second-order valence-corrected chi connectivity index (χ2v) is 4.26. The van der Waals surface area contributed by atoms with Crippen molar-refractivity contribution in [3.63, 3.8) is 0 Å². The number of benzene rings is 1. The van der Waals surface area contributed by atoms with Crippen LogP contribution in [0.4, 0.5) is 0 Å². The van der Waals surface area contributed by atoms with Gasteiger partial charge < -0.3 is 9.84 Å². The zero-order chi connectivity index (χ0) is 12.4. The molecule has 3 nitrogen and oxygen atoms in total. The molecule has 2 rings (SSSR count). The van der Waals surface area contributed by atoms with Crippen molar-refractivity contribution < 1.29 is 14.6 Å². The maximum Gasteiger partial charge on any atom is 0.309 e. The van der Waals surface area contributed by atoms with Gasteiger partial charge in [0.2, 0.25) is 0 Å². The van der Waals surface area contributed by atoms with Gasteiger partial charge in [-0.05, 0) is 16.7 Å². The first-order valence-corrected chi connectivity index (χ1v) is 5.69. The number of hydrogen-bond acceptors (Lipinski definition) is 3. The van der Waals surface area contributed by atoms with Crippen molar-refractivity contribution in [3.8, 4) is 0 Å². The molecule has 0 amide bonds. The molecule has 0 aliphatic heterocycles. The van der Waals surface area contributed by atoms with Crippen molar-refractivity contribution >= 4 is 11.5 Å². The fourth-order valence-corrected chi connectivity index (χ4v) is 2.27. The Morgan fingerprint density at radius 3 is 2.88 bits per heavy atom. The van der Waals surface area contributed by atoms with Crippen LogP contribution in [0.2, 0.25) is 0 Å². The lowest BCUT2D eigenvalue weighted by Gasteiger charge is -2.09. The van der Waals surface area contributed by atoms with E-state index >= 15 is 0 Å². The summed E-state index contributed by atoms with van der Waals surface area (Å²) in [7, 11) is 1.38. The molecule has 0 heterocycles. The van der Waals surface area contributed by atoms with Crippen LogP contribution in [0.3, 0.4) is 0 Å². The first-order valence-electron chi connectivity index (χ1n) is 5.69. The molecule has 0 spiro atoms. The molecular formula is C14H16O3. The average molecular weight is 232 g/mol. The predicted octanol–water partition coefficient (Wildman–Crippen LogP) is 2.32. The molecule has 90 valence electrons. The largest absolute Gasteiger partial charge is 0.469 e.